The summed E-state index contributed by atoms with van der Waals surface area (Å²) >= 11 is 3.34. The molecule has 1 fully saturated rings. The smallest absolute Gasteiger partial charge is 0.257 e. The molecule has 98 valence electrons. The van der Waals surface area contributed by atoms with Crippen LogP contribution in [0.3, 0.4) is 0 Å². The van der Waals surface area contributed by atoms with E-state index in [-0.39, 0.29) is 12.0 Å². The minimum atomic E-state index is -0.0108. The number of aromatic nitrogens is 1. The van der Waals surface area contributed by atoms with Crippen molar-refractivity contribution in [2.24, 2.45) is 0 Å². The Morgan fingerprint density at radius 3 is 3.11 bits per heavy atom. The number of rotatable bonds is 2. The average molecular weight is 314 g/mol. The van der Waals surface area contributed by atoms with Gasteiger partial charge in [0.15, 0.2) is 0 Å². The number of hydrogen-bond donors (Lipinski definition) is 1. The molecule has 1 aromatic rings. The van der Waals surface area contributed by atoms with Crippen LogP contribution in [-0.2, 0) is 4.74 Å². The lowest BCUT2D eigenvalue weighted by atomic mass is 10.2. The molecule has 1 atom stereocenters. The summed E-state index contributed by atoms with van der Waals surface area (Å²) in [5.74, 6) is 0.589. The molecule has 18 heavy (non-hydrogen) atoms. The van der Waals surface area contributed by atoms with Crippen molar-refractivity contribution >= 4 is 27.7 Å². The number of nitrogens with one attached hydrogen (secondary N) is 1. The number of carbonyl (C=O) groups excluding carboxylic acids is 1. The maximum atomic E-state index is 12.4. The van der Waals surface area contributed by atoms with E-state index in [9.17, 15) is 4.79 Å². The Morgan fingerprint density at radius 2 is 2.44 bits per heavy atom. The Morgan fingerprint density at radius 1 is 1.67 bits per heavy atom. The molecule has 2 rings (SSSR count). The first-order valence-corrected chi connectivity index (χ1v) is 6.65. The number of morpholine rings is 1. The molecule has 1 saturated heterocycles. The van der Waals surface area contributed by atoms with Gasteiger partial charge in [0.1, 0.15) is 5.82 Å². The maximum absolute atomic E-state index is 12.4. The van der Waals surface area contributed by atoms with Crippen molar-refractivity contribution < 1.29 is 9.53 Å². The van der Waals surface area contributed by atoms with E-state index in [2.05, 4.69) is 26.2 Å². The summed E-state index contributed by atoms with van der Waals surface area (Å²) in [4.78, 5) is 18.4. The van der Waals surface area contributed by atoms with Crippen LogP contribution in [0.4, 0.5) is 5.82 Å². The van der Waals surface area contributed by atoms with Crippen LogP contribution in [-0.4, -0.2) is 48.6 Å². The fraction of sp³-hybridized carbons (Fsp3) is 0.500. The Labute approximate surface area is 115 Å². The van der Waals surface area contributed by atoms with Gasteiger partial charge < -0.3 is 15.0 Å². The number of halogens is 1. The summed E-state index contributed by atoms with van der Waals surface area (Å²) in [7, 11) is 1.76. The molecular formula is C12H16BrN3O2. The van der Waals surface area contributed by atoms with Crippen LogP contribution < -0.4 is 5.32 Å². The molecule has 6 heteroatoms. The second kappa shape index (κ2) is 5.67. The quantitative estimate of drug-likeness (QED) is 0.903. The maximum Gasteiger partial charge on any atom is 0.257 e. The van der Waals surface area contributed by atoms with Crippen molar-refractivity contribution in [1.29, 1.82) is 0 Å². The van der Waals surface area contributed by atoms with Crippen LogP contribution in [0.25, 0.3) is 0 Å². The fourth-order valence-corrected chi connectivity index (χ4v) is 2.31. The normalized spacial score (nSPS) is 19.7. The highest BCUT2D eigenvalue weighted by Crippen LogP contribution is 2.20. The van der Waals surface area contributed by atoms with Crippen molar-refractivity contribution in [3.05, 3.63) is 22.3 Å². The van der Waals surface area contributed by atoms with E-state index in [0.717, 1.165) is 4.47 Å². The van der Waals surface area contributed by atoms with Crippen LogP contribution in [0, 0.1) is 0 Å². The lowest BCUT2D eigenvalue weighted by Gasteiger charge is -2.31. The molecule has 1 N–H and O–H groups in total. The fourth-order valence-electron chi connectivity index (χ4n) is 1.97. The van der Waals surface area contributed by atoms with Crippen molar-refractivity contribution in [3.63, 3.8) is 0 Å². The Balaban J connectivity index is 2.24. The van der Waals surface area contributed by atoms with E-state index in [1.165, 1.54) is 0 Å². The van der Waals surface area contributed by atoms with Crippen molar-refractivity contribution in [2.75, 3.05) is 32.1 Å². The number of hydrogen-bond acceptors (Lipinski definition) is 4. The molecule has 0 radical (unpaired) electrons. The first-order chi connectivity index (χ1) is 8.61. The van der Waals surface area contributed by atoms with Gasteiger partial charge in [-0.1, -0.05) is 0 Å². The number of nitrogens with zero attached hydrogens (tertiary/aromatic N) is 2. The van der Waals surface area contributed by atoms with Gasteiger partial charge in [-0.2, -0.15) is 0 Å². The average Bonchev–Trinajstić information content (AvgIpc) is 2.38. The van der Waals surface area contributed by atoms with Gasteiger partial charge in [0.05, 0.1) is 18.3 Å². The van der Waals surface area contributed by atoms with Gasteiger partial charge in [0.2, 0.25) is 0 Å². The van der Waals surface area contributed by atoms with Crippen LogP contribution in [0.1, 0.15) is 17.3 Å². The molecule has 1 amide bonds. The van der Waals surface area contributed by atoms with E-state index in [0.29, 0.717) is 31.1 Å². The summed E-state index contributed by atoms with van der Waals surface area (Å²) in [5.41, 5.74) is 0.584. The van der Waals surface area contributed by atoms with E-state index in [4.69, 9.17) is 4.74 Å². The molecule has 1 unspecified atom stereocenters. The molecule has 0 saturated carbocycles. The number of ether oxygens (including phenoxy) is 1. The van der Waals surface area contributed by atoms with Gasteiger partial charge in [0.25, 0.3) is 5.91 Å². The SMILES string of the molecule is CNc1ncc(Br)cc1C(=O)N1CCOC(C)C1. The molecule has 0 bridgehead atoms. The monoisotopic (exact) mass is 313 g/mol. The van der Waals surface area contributed by atoms with Crippen molar-refractivity contribution in [1.82, 2.24) is 9.88 Å². The zero-order valence-electron chi connectivity index (χ0n) is 10.4. The van der Waals surface area contributed by atoms with E-state index in [1.807, 2.05) is 6.92 Å². The zero-order chi connectivity index (χ0) is 13.1. The first-order valence-electron chi connectivity index (χ1n) is 5.86. The minimum Gasteiger partial charge on any atom is -0.375 e. The standard InChI is InChI=1S/C12H16BrN3O2/c1-8-7-16(3-4-18-8)12(17)10-5-9(13)6-15-11(10)14-2/h5-6,8H,3-4,7H2,1-2H3,(H,14,15). The van der Waals surface area contributed by atoms with Crippen molar-refractivity contribution in [2.45, 2.75) is 13.0 Å². The van der Waals surface area contributed by atoms with E-state index in [1.54, 1.807) is 24.2 Å². The van der Waals surface area contributed by atoms with Gasteiger partial charge in [-0.15, -0.1) is 0 Å². The largest absolute Gasteiger partial charge is 0.375 e. The summed E-state index contributed by atoms with van der Waals surface area (Å²) in [6.45, 7) is 3.80. The number of carbonyl (C=O) groups is 1. The second-order valence-corrected chi connectivity index (χ2v) is 5.15. The minimum absolute atomic E-state index is 0.0108. The predicted octanol–water partition coefficient (Wildman–Crippen LogP) is 1.75. The van der Waals surface area contributed by atoms with Gasteiger partial charge in [0, 0.05) is 30.8 Å². The molecule has 0 aromatic carbocycles. The van der Waals surface area contributed by atoms with Gasteiger partial charge >= 0.3 is 0 Å². The van der Waals surface area contributed by atoms with Gasteiger partial charge in [-0.3, -0.25) is 4.79 Å². The predicted molar refractivity (Wildman–Crippen MR) is 72.8 cm³/mol. The third-order valence-corrected chi connectivity index (χ3v) is 3.28. The Hall–Kier alpha value is -1.14. The highest BCUT2D eigenvalue weighted by atomic mass is 79.9. The van der Waals surface area contributed by atoms with Crippen LogP contribution in [0.5, 0.6) is 0 Å². The molecule has 1 aliphatic rings. The third-order valence-electron chi connectivity index (χ3n) is 2.85. The molecule has 1 aromatic heterocycles. The number of amides is 1. The summed E-state index contributed by atoms with van der Waals surface area (Å²) in [6, 6.07) is 1.79. The van der Waals surface area contributed by atoms with Crippen LogP contribution >= 0.6 is 15.9 Å². The molecule has 5 nitrogen and oxygen atoms in total. The zero-order valence-corrected chi connectivity index (χ0v) is 12.0. The molecule has 0 spiro atoms. The highest BCUT2D eigenvalue weighted by molar-refractivity contribution is 9.10. The molecule has 2 heterocycles. The van der Waals surface area contributed by atoms with E-state index < -0.39 is 0 Å². The second-order valence-electron chi connectivity index (χ2n) is 4.23. The molecule has 0 aliphatic carbocycles. The van der Waals surface area contributed by atoms with E-state index >= 15 is 0 Å². The van der Waals surface area contributed by atoms with Crippen molar-refractivity contribution in [3.8, 4) is 0 Å². The number of anilines is 1. The summed E-state index contributed by atoms with van der Waals surface area (Å²) < 4.78 is 6.24. The number of pyridine rings is 1. The lowest BCUT2D eigenvalue weighted by molar-refractivity contribution is -0.0124. The van der Waals surface area contributed by atoms with Crippen LogP contribution in [0.15, 0.2) is 16.7 Å². The van der Waals surface area contributed by atoms with Gasteiger partial charge in [-0.25, -0.2) is 4.98 Å². The summed E-state index contributed by atoms with van der Waals surface area (Å²) in [6.07, 6.45) is 1.76. The molecule has 1 aliphatic heterocycles. The lowest BCUT2D eigenvalue weighted by Crippen LogP contribution is -2.44. The Kier molecular flexibility index (Phi) is 4.19. The molecular weight excluding hydrogens is 298 g/mol. The summed E-state index contributed by atoms with van der Waals surface area (Å²) in [5, 5.41) is 2.94. The Bertz CT molecular complexity index is 453. The topological polar surface area (TPSA) is 54.5 Å². The highest BCUT2D eigenvalue weighted by Gasteiger charge is 2.24. The van der Waals surface area contributed by atoms with Crippen LogP contribution in [0.2, 0.25) is 0 Å². The van der Waals surface area contributed by atoms with Gasteiger partial charge in [-0.05, 0) is 28.9 Å². The first kappa shape index (κ1) is 13.3. The third kappa shape index (κ3) is 2.81.